The van der Waals surface area contributed by atoms with Gasteiger partial charge in [-0.25, -0.2) is 9.78 Å². The number of carboxylic acid groups (broad SMARTS) is 1. The fourth-order valence-electron chi connectivity index (χ4n) is 2.40. The zero-order chi connectivity index (χ0) is 23.4. The second kappa shape index (κ2) is 13.9. The van der Waals surface area contributed by atoms with Crippen LogP contribution in [0.25, 0.3) is 0 Å². The van der Waals surface area contributed by atoms with Gasteiger partial charge in [0, 0.05) is 24.1 Å². The van der Waals surface area contributed by atoms with Crippen LogP contribution >= 0.6 is 24.4 Å². The maximum Gasteiger partial charge on any atom is 0.327 e. The lowest BCUT2D eigenvalue weighted by Gasteiger charge is -2.24. The molecule has 0 aliphatic heterocycles. The molecule has 0 saturated carbocycles. The molecule has 0 radical (unpaired) electrons. The van der Waals surface area contributed by atoms with Gasteiger partial charge in [-0.05, 0) is 18.4 Å². The number of hydrogen-bond acceptors (Lipinski definition) is 9. The van der Waals surface area contributed by atoms with Crippen molar-refractivity contribution in [1.29, 1.82) is 0 Å². The van der Waals surface area contributed by atoms with E-state index in [1.807, 2.05) is 6.26 Å². The van der Waals surface area contributed by atoms with Gasteiger partial charge in [0.2, 0.25) is 17.7 Å². The van der Waals surface area contributed by atoms with Crippen molar-refractivity contribution in [2.75, 3.05) is 24.4 Å². The Balaban J connectivity index is 2.87. The largest absolute Gasteiger partial charge is 0.480 e. The van der Waals surface area contributed by atoms with Crippen molar-refractivity contribution in [3.8, 4) is 0 Å². The maximum atomic E-state index is 12.8. The summed E-state index contributed by atoms with van der Waals surface area (Å²) in [5, 5.41) is 25.6. The summed E-state index contributed by atoms with van der Waals surface area (Å²) in [6.07, 6.45) is 5.19. The van der Waals surface area contributed by atoms with Gasteiger partial charge in [0.15, 0.2) is 0 Å². The number of thiol groups is 1. The lowest BCUT2D eigenvalue weighted by Crippen LogP contribution is -2.58. The van der Waals surface area contributed by atoms with Gasteiger partial charge in [-0.3, -0.25) is 14.4 Å². The van der Waals surface area contributed by atoms with Crippen LogP contribution in [0.2, 0.25) is 0 Å². The van der Waals surface area contributed by atoms with Gasteiger partial charge in [0.1, 0.15) is 18.1 Å². The van der Waals surface area contributed by atoms with Gasteiger partial charge in [0.25, 0.3) is 0 Å². The van der Waals surface area contributed by atoms with E-state index in [9.17, 15) is 24.3 Å². The number of carbonyl (C=O) groups is 4. The first-order valence-corrected chi connectivity index (χ1v) is 11.3. The molecule has 1 aromatic heterocycles. The highest BCUT2D eigenvalue weighted by atomic mass is 32.2. The number of rotatable bonds is 14. The highest BCUT2D eigenvalue weighted by Gasteiger charge is 2.30. The predicted octanol–water partition coefficient (Wildman–Crippen LogP) is -2.51. The zero-order valence-electron chi connectivity index (χ0n) is 16.9. The van der Waals surface area contributed by atoms with Gasteiger partial charge in [-0.1, -0.05) is 0 Å². The van der Waals surface area contributed by atoms with Crippen molar-refractivity contribution in [2.24, 2.45) is 5.73 Å². The Morgan fingerprint density at radius 3 is 2.29 bits per heavy atom. The fraction of sp³-hybridized carbons (Fsp3) is 0.588. The number of carboxylic acids is 1. The molecule has 0 saturated heterocycles. The molecule has 174 valence electrons. The molecular weight excluding hydrogens is 448 g/mol. The number of H-pyrrole nitrogens is 1. The SMILES string of the molecule is CSCCC(N)C(=O)NC(Cc1cnc[nH]1)C(=O)NC(CO)C(=O)NC(CS)C(=O)O. The topological polar surface area (TPSA) is 200 Å². The molecule has 0 aromatic carbocycles. The van der Waals surface area contributed by atoms with Crippen LogP contribution in [0.3, 0.4) is 0 Å². The second-order valence-electron chi connectivity index (χ2n) is 6.56. The number of aliphatic carboxylic acids is 1. The lowest BCUT2D eigenvalue weighted by molar-refractivity contribution is -0.142. The van der Waals surface area contributed by atoms with Crippen LogP contribution in [0.1, 0.15) is 12.1 Å². The Kier molecular flexibility index (Phi) is 12.0. The first-order valence-electron chi connectivity index (χ1n) is 9.30. The van der Waals surface area contributed by atoms with E-state index in [2.05, 4.69) is 38.5 Å². The molecule has 0 aliphatic rings. The van der Waals surface area contributed by atoms with Crippen molar-refractivity contribution in [1.82, 2.24) is 25.9 Å². The number of amides is 3. The van der Waals surface area contributed by atoms with Crippen molar-refractivity contribution in [3.05, 3.63) is 18.2 Å². The normalized spacial score (nSPS) is 14.7. The quantitative estimate of drug-likeness (QED) is 0.134. The molecule has 12 nitrogen and oxygen atoms in total. The molecular formula is C17H28N6O6S2. The average molecular weight is 477 g/mol. The summed E-state index contributed by atoms with van der Waals surface area (Å²) in [4.78, 5) is 55.2. The monoisotopic (exact) mass is 476 g/mol. The Morgan fingerprint density at radius 1 is 1.16 bits per heavy atom. The molecule has 1 rings (SSSR count). The highest BCUT2D eigenvalue weighted by molar-refractivity contribution is 7.98. The molecule has 14 heteroatoms. The van der Waals surface area contributed by atoms with E-state index in [1.54, 1.807) is 0 Å². The van der Waals surface area contributed by atoms with Crippen molar-refractivity contribution in [3.63, 3.8) is 0 Å². The zero-order valence-corrected chi connectivity index (χ0v) is 18.6. The molecule has 3 amide bonds. The smallest absolute Gasteiger partial charge is 0.327 e. The Bertz CT molecular complexity index is 735. The maximum absolute atomic E-state index is 12.8. The van der Waals surface area contributed by atoms with Crippen molar-refractivity contribution in [2.45, 2.75) is 37.0 Å². The summed E-state index contributed by atoms with van der Waals surface area (Å²) in [5.74, 6) is -3.03. The number of hydrogen-bond donors (Lipinski definition) is 8. The standard InChI is InChI=1S/C17H28N6O6S2/c1-31-3-2-10(18)14(25)21-11(4-9-5-19-8-20-9)15(26)22-12(6-24)16(27)23-13(7-30)17(28)29/h5,8,10-13,24,30H,2-4,6-7,18H2,1H3,(H,19,20)(H,21,25)(H,22,26)(H,23,27)(H,28,29). The van der Waals surface area contributed by atoms with Crippen LogP contribution in [0.5, 0.6) is 0 Å². The van der Waals surface area contributed by atoms with E-state index in [-0.39, 0.29) is 12.2 Å². The molecule has 0 spiro atoms. The van der Waals surface area contributed by atoms with Crippen LogP contribution in [0.15, 0.2) is 12.5 Å². The van der Waals surface area contributed by atoms with Gasteiger partial charge in [-0.15, -0.1) is 0 Å². The lowest BCUT2D eigenvalue weighted by atomic mass is 10.1. The predicted molar refractivity (Wildman–Crippen MR) is 118 cm³/mol. The Morgan fingerprint density at radius 2 is 1.77 bits per heavy atom. The molecule has 0 aliphatic carbocycles. The van der Waals surface area contributed by atoms with Crippen molar-refractivity contribution >= 4 is 48.1 Å². The minimum atomic E-state index is -1.43. The highest BCUT2D eigenvalue weighted by Crippen LogP contribution is 2.03. The van der Waals surface area contributed by atoms with E-state index < -0.39 is 54.5 Å². The number of aromatic nitrogens is 2. The molecule has 8 N–H and O–H groups in total. The minimum Gasteiger partial charge on any atom is -0.480 e. The Hall–Kier alpha value is -2.29. The first-order chi connectivity index (χ1) is 14.7. The number of thioether (sulfide) groups is 1. The minimum absolute atomic E-state index is 0.0287. The molecule has 1 heterocycles. The molecule has 0 fully saturated rings. The third-order valence-corrected chi connectivity index (χ3v) is 5.20. The van der Waals surface area contributed by atoms with Gasteiger partial charge in [0.05, 0.1) is 19.0 Å². The molecule has 1 aromatic rings. The summed E-state index contributed by atoms with van der Waals surface area (Å²) >= 11 is 5.37. The van der Waals surface area contributed by atoms with Crippen LogP contribution in [0.4, 0.5) is 0 Å². The molecule has 31 heavy (non-hydrogen) atoms. The van der Waals surface area contributed by atoms with Crippen LogP contribution in [-0.2, 0) is 25.6 Å². The molecule has 4 unspecified atom stereocenters. The van der Waals surface area contributed by atoms with Gasteiger partial charge < -0.3 is 36.9 Å². The van der Waals surface area contributed by atoms with E-state index in [0.29, 0.717) is 17.9 Å². The van der Waals surface area contributed by atoms with E-state index in [4.69, 9.17) is 10.8 Å². The summed E-state index contributed by atoms with van der Waals surface area (Å²) in [6.45, 7) is -0.783. The number of nitrogens with zero attached hydrogens (tertiary/aromatic N) is 1. The number of aliphatic hydroxyl groups is 1. The van der Waals surface area contributed by atoms with E-state index in [1.165, 1.54) is 24.3 Å². The number of nitrogens with one attached hydrogen (secondary N) is 4. The third-order valence-electron chi connectivity index (χ3n) is 4.19. The van der Waals surface area contributed by atoms with Crippen LogP contribution in [0, 0.1) is 0 Å². The van der Waals surface area contributed by atoms with Gasteiger partial charge in [-0.2, -0.15) is 24.4 Å². The second-order valence-corrected chi connectivity index (χ2v) is 7.91. The van der Waals surface area contributed by atoms with E-state index >= 15 is 0 Å². The fourth-order valence-corrected chi connectivity index (χ4v) is 3.14. The van der Waals surface area contributed by atoms with Crippen LogP contribution in [-0.4, -0.2) is 92.4 Å². The Labute approximate surface area is 188 Å². The number of carbonyl (C=O) groups excluding carboxylic acids is 3. The molecule has 4 atom stereocenters. The number of nitrogens with two attached hydrogens (primary N) is 1. The average Bonchev–Trinajstić information content (AvgIpc) is 3.25. The summed E-state index contributed by atoms with van der Waals surface area (Å²) in [5.41, 5.74) is 6.40. The number of imidazole rings is 1. The number of aliphatic hydroxyl groups excluding tert-OH is 1. The summed E-state index contributed by atoms with van der Waals surface area (Å²) in [6, 6.07) is -4.67. The van der Waals surface area contributed by atoms with Crippen LogP contribution < -0.4 is 21.7 Å². The number of aromatic amines is 1. The van der Waals surface area contributed by atoms with Crippen molar-refractivity contribution < 1.29 is 29.4 Å². The first kappa shape index (κ1) is 26.7. The molecule has 0 bridgehead atoms. The summed E-state index contributed by atoms with van der Waals surface area (Å²) < 4.78 is 0. The van der Waals surface area contributed by atoms with E-state index in [0.717, 1.165) is 0 Å². The van der Waals surface area contributed by atoms with Gasteiger partial charge >= 0.3 is 5.97 Å². The third kappa shape index (κ3) is 9.16. The summed E-state index contributed by atoms with van der Waals surface area (Å²) in [7, 11) is 0.